The second-order valence-corrected chi connectivity index (χ2v) is 4.08. The molecule has 3 atom stereocenters. The highest BCUT2D eigenvalue weighted by Crippen LogP contribution is 2.24. The van der Waals surface area contributed by atoms with Crippen LogP contribution in [-0.4, -0.2) is 29.9 Å². The third-order valence-electron chi connectivity index (χ3n) is 2.51. The Bertz CT molecular complexity index is 89.8. The molecule has 0 amide bonds. The summed E-state index contributed by atoms with van der Waals surface area (Å²) in [6, 6.07) is 0.665. The Morgan fingerprint density at radius 1 is 1.40 bits per heavy atom. The van der Waals surface area contributed by atoms with Crippen LogP contribution in [-0.2, 0) is 0 Å². The van der Waals surface area contributed by atoms with Crippen LogP contribution in [0.5, 0.6) is 0 Å². The van der Waals surface area contributed by atoms with Gasteiger partial charge in [-0.25, -0.2) is 0 Å². The maximum atomic E-state index is 6.10. The van der Waals surface area contributed by atoms with Gasteiger partial charge in [0.25, 0.3) is 0 Å². The first-order valence-electron chi connectivity index (χ1n) is 3.95. The lowest BCUT2D eigenvalue weighted by atomic mass is 9.95. The molecule has 0 spiro atoms. The molecule has 0 aromatic carbocycles. The Kier molecular flexibility index (Phi) is 2.59. The number of hydrogen-bond acceptors (Lipinski definition) is 1. The van der Waals surface area contributed by atoms with Crippen molar-refractivity contribution in [1.29, 1.82) is 0 Å². The van der Waals surface area contributed by atoms with Crippen LogP contribution in [0.1, 0.15) is 20.3 Å². The van der Waals surface area contributed by atoms with E-state index in [1.54, 1.807) is 0 Å². The molecule has 1 aliphatic rings. The normalized spacial score (nSPS) is 43.8. The summed E-state index contributed by atoms with van der Waals surface area (Å²) in [7, 11) is 2.17. The van der Waals surface area contributed by atoms with Gasteiger partial charge in [-0.3, -0.25) is 0 Å². The van der Waals surface area contributed by atoms with Gasteiger partial charge >= 0.3 is 0 Å². The number of alkyl halides is 1. The van der Waals surface area contributed by atoms with Gasteiger partial charge in [0.2, 0.25) is 0 Å². The van der Waals surface area contributed by atoms with Crippen LogP contribution in [0.4, 0.5) is 0 Å². The van der Waals surface area contributed by atoms with Crippen molar-refractivity contribution in [2.24, 2.45) is 5.92 Å². The first kappa shape index (κ1) is 8.35. The molecule has 1 fully saturated rings. The summed E-state index contributed by atoms with van der Waals surface area (Å²) < 4.78 is 0. The van der Waals surface area contributed by atoms with Gasteiger partial charge in [-0.2, -0.15) is 0 Å². The van der Waals surface area contributed by atoms with Crippen molar-refractivity contribution in [2.45, 2.75) is 31.7 Å². The zero-order chi connectivity index (χ0) is 7.72. The Morgan fingerprint density at radius 3 is 2.50 bits per heavy atom. The minimum atomic E-state index is 0.395. The fourth-order valence-electron chi connectivity index (χ4n) is 1.49. The monoisotopic (exact) mass is 161 g/mol. The fraction of sp³-hybridized carbons (Fsp3) is 1.00. The zero-order valence-corrected chi connectivity index (χ0v) is 7.73. The third kappa shape index (κ3) is 1.64. The number of likely N-dealkylation sites (tertiary alicyclic amines) is 1. The molecule has 0 aromatic heterocycles. The molecule has 1 heterocycles. The van der Waals surface area contributed by atoms with Gasteiger partial charge in [0.1, 0.15) is 0 Å². The molecule has 0 aliphatic carbocycles. The number of hydrogen-bond donors (Lipinski definition) is 0. The Hall–Kier alpha value is 0.250. The number of halogens is 1. The minimum absolute atomic E-state index is 0.395. The molecule has 60 valence electrons. The first-order chi connectivity index (χ1) is 4.61. The fourth-order valence-corrected chi connectivity index (χ4v) is 1.82. The van der Waals surface area contributed by atoms with Gasteiger partial charge in [0.05, 0.1) is 0 Å². The molecule has 0 bridgehead atoms. The molecule has 0 saturated carbocycles. The lowest BCUT2D eigenvalue weighted by Gasteiger charge is -2.36. The highest BCUT2D eigenvalue weighted by molar-refractivity contribution is 6.20. The van der Waals surface area contributed by atoms with E-state index < -0.39 is 0 Å². The molecule has 1 rings (SSSR count). The van der Waals surface area contributed by atoms with Gasteiger partial charge in [0.15, 0.2) is 0 Å². The average Bonchev–Trinajstić information content (AvgIpc) is 1.84. The van der Waals surface area contributed by atoms with Gasteiger partial charge in [0, 0.05) is 18.0 Å². The van der Waals surface area contributed by atoms with Crippen LogP contribution in [0.2, 0.25) is 0 Å². The SMILES string of the molecule is CC1CN(C)C(C)CC1Cl. The largest absolute Gasteiger partial charge is 0.303 e. The highest BCUT2D eigenvalue weighted by Gasteiger charge is 2.26. The lowest BCUT2D eigenvalue weighted by Crippen LogP contribution is -2.43. The van der Waals surface area contributed by atoms with Crippen molar-refractivity contribution in [2.75, 3.05) is 13.6 Å². The summed E-state index contributed by atoms with van der Waals surface area (Å²) in [5.41, 5.74) is 0. The zero-order valence-electron chi connectivity index (χ0n) is 6.97. The quantitative estimate of drug-likeness (QED) is 0.491. The van der Waals surface area contributed by atoms with Crippen LogP contribution >= 0.6 is 11.6 Å². The van der Waals surface area contributed by atoms with Gasteiger partial charge in [-0.05, 0) is 26.3 Å². The topological polar surface area (TPSA) is 3.24 Å². The predicted octanol–water partition coefficient (Wildman–Crippen LogP) is 1.95. The molecule has 0 radical (unpaired) electrons. The molecule has 10 heavy (non-hydrogen) atoms. The average molecular weight is 162 g/mol. The summed E-state index contributed by atoms with van der Waals surface area (Å²) in [5, 5.41) is 0.395. The van der Waals surface area contributed by atoms with Crippen LogP contribution in [0, 0.1) is 5.92 Å². The van der Waals surface area contributed by atoms with E-state index in [2.05, 4.69) is 25.8 Å². The highest BCUT2D eigenvalue weighted by atomic mass is 35.5. The van der Waals surface area contributed by atoms with Crippen LogP contribution in [0.3, 0.4) is 0 Å². The van der Waals surface area contributed by atoms with Gasteiger partial charge < -0.3 is 4.90 Å². The summed E-state index contributed by atoms with van der Waals surface area (Å²) in [6.45, 7) is 5.61. The second-order valence-electron chi connectivity index (χ2n) is 3.52. The maximum absolute atomic E-state index is 6.10. The number of rotatable bonds is 0. The predicted molar refractivity (Wildman–Crippen MR) is 45.5 cm³/mol. The van der Waals surface area contributed by atoms with Crippen molar-refractivity contribution in [3.05, 3.63) is 0 Å². The smallest absolute Gasteiger partial charge is 0.0388 e. The van der Waals surface area contributed by atoms with Crippen LogP contribution in [0.15, 0.2) is 0 Å². The molecular formula is C8H16ClN. The standard InChI is InChI=1S/C8H16ClN/c1-6-5-10(3)7(2)4-8(6)9/h6-8H,4-5H2,1-3H3. The maximum Gasteiger partial charge on any atom is 0.0388 e. The molecule has 0 N–H and O–H groups in total. The number of nitrogens with zero attached hydrogens (tertiary/aromatic N) is 1. The Labute approximate surface area is 68.4 Å². The summed E-state index contributed by atoms with van der Waals surface area (Å²) >= 11 is 6.10. The molecule has 1 saturated heterocycles. The minimum Gasteiger partial charge on any atom is -0.303 e. The van der Waals surface area contributed by atoms with E-state index >= 15 is 0 Å². The van der Waals surface area contributed by atoms with Crippen molar-refractivity contribution >= 4 is 11.6 Å². The molecule has 2 heteroatoms. The van der Waals surface area contributed by atoms with Gasteiger partial charge in [-0.1, -0.05) is 6.92 Å². The van der Waals surface area contributed by atoms with Crippen LogP contribution < -0.4 is 0 Å². The van der Waals surface area contributed by atoms with E-state index in [4.69, 9.17) is 11.6 Å². The van der Waals surface area contributed by atoms with E-state index in [-0.39, 0.29) is 0 Å². The van der Waals surface area contributed by atoms with E-state index in [0.717, 1.165) is 13.0 Å². The van der Waals surface area contributed by atoms with Crippen molar-refractivity contribution in [3.63, 3.8) is 0 Å². The van der Waals surface area contributed by atoms with E-state index in [9.17, 15) is 0 Å². The molecule has 1 aliphatic heterocycles. The van der Waals surface area contributed by atoms with E-state index in [1.165, 1.54) is 0 Å². The van der Waals surface area contributed by atoms with Crippen molar-refractivity contribution in [3.8, 4) is 0 Å². The number of piperidine rings is 1. The first-order valence-corrected chi connectivity index (χ1v) is 4.39. The summed E-state index contributed by atoms with van der Waals surface area (Å²) in [6.07, 6.45) is 1.14. The molecule has 0 aromatic rings. The van der Waals surface area contributed by atoms with Gasteiger partial charge in [-0.15, -0.1) is 11.6 Å². The van der Waals surface area contributed by atoms with E-state index in [1.807, 2.05) is 0 Å². The van der Waals surface area contributed by atoms with Crippen molar-refractivity contribution in [1.82, 2.24) is 4.90 Å². The summed E-state index contributed by atoms with van der Waals surface area (Å²) in [5.74, 6) is 0.655. The Morgan fingerprint density at radius 2 is 2.00 bits per heavy atom. The molecular weight excluding hydrogens is 146 g/mol. The Balaban J connectivity index is 2.46. The second kappa shape index (κ2) is 3.10. The van der Waals surface area contributed by atoms with Crippen molar-refractivity contribution < 1.29 is 0 Å². The van der Waals surface area contributed by atoms with E-state index in [0.29, 0.717) is 17.3 Å². The lowest BCUT2D eigenvalue weighted by molar-refractivity contribution is 0.161. The third-order valence-corrected chi connectivity index (χ3v) is 3.12. The van der Waals surface area contributed by atoms with Crippen LogP contribution in [0.25, 0.3) is 0 Å². The molecule has 3 unspecified atom stereocenters. The molecule has 1 nitrogen and oxygen atoms in total. The summed E-state index contributed by atoms with van der Waals surface area (Å²) in [4.78, 5) is 2.38.